The SMILES string of the molecule is CNC(c1cc(F)c(Br)cc1F)C1Cc2ccccc2O1. The third-order valence-electron chi connectivity index (χ3n) is 3.73. The zero-order chi connectivity index (χ0) is 15.0. The van der Waals surface area contributed by atoms with Gasteiger partial charge in [-0.1, -0.05) is 18.2 Å². The predicted octanol–water partition coefficient (Wildman–Crippen LogP) is 3.99. The molecule has 0 bridgehead atoms. The summed E-state index contributed by atoms with van der Waals surface area (Å²) in [5.41, 5.74) is 1.36. The Balaban J connectivity index is 1.92. The summed E-state index contributed by atoms with van der Waals surface area (Å²) in [5.74, 6) is -0.134. The first-order chi connectivity index (χ1) is 10.1. The van der Waals surface area contributed by atoms with Crippen LogP contribution in [0, 0.1) is 11.6 Å². The Bertz CT molecular complexity index is 652. The van der Waals surface area contributed by atoms with Crippen molar-refractivity contribution in [1.82, 2.24) is 5.32 Å². The lowest BCUT2D eigenvalue weighted by molar-refractivity contribution is 0.181. The van der Waals surface area contributed by atoms with Crippen molar-refractivity contribution in [3.8, 4) is 5.75 Å². The average molecular weight is 354 g/mol. The smallest absolute Gasteiger partial charge is 0.137 e. The Kier molecular flexibility index (Phi) is 3.95. The van der Waals surface area contributed by atoms with Gasteiger partial charge in [0.15, 0.2) is 0 Å². The van der Waals surface area contributed by atoms with Crippen molar-refractivity contribution in [3.05, 3.63) is 63.6 Å². The molecule has 1 heterocycles. The molecular weight excluding hydrogens is 340 g/mol. The minimum absolute atomic E-state index is 0.120. The second-order valence-corrected chi connectivity index (χ2v) is 5.88. The molecule has 110 valence electrons. The van der Waals surface area contributed by atoms with Gasteiger partial charge in [-0.3, -0.25) is 0 Å². The number of benzene rings is 2. The maximum absolute atomic E-state index is 14.2. The van der Waals surface area contributed by atoms with E-state index in [4.69, 9.17) is 4.74 Å². The lowest BCUT2D eigenvalue weighted by atomic mass is 9.97. The minimum atomic E-state index is -0.484. The molecule has 21 heavy (non-hydrogen) atoms. The maximum Gasteiger partial charge on any atom is 0.137 e. The highest BCUT2D eigenvalue weighted by atomic mass is 79.9. The first-order valence-corrected chi connectivity index (χ1v) is 7.45. The summed E-state index contributed by atoms with van der Waals surface area (Å²) in [5, 5.41) is 3.04. The van der Waals surface area contributed by atoms with Gasteiger partial charge in [0.05, 0.1) is 10.5 Å². The normalized spacial score (nSPS) is 18.2. The van der Waals surface area contributed by atoms with Crippen LogP contribution in [0.2, 0.25) is 0 Å². The van der Waals surface area contributed by atoms with Crippen molar-refractivity contribution in [2.45, 2.75) is 18.6 Å². The summed E-state index contributed by atoms with van der Waals surface area (Å²) in [4.78, 5) is 0. The molecule has 3 rings (SSSR count). The molecule has 0 amide bonds. The lowest BCUT2D eigenvalue weighted by Crippen LogP contribution is -2.33. The highest BCUT2D eigenvalue weighted by molar-refractivity contribution is 9.10. The van der Waals surface area contributed by atoms with Gasteiger partial charge >= 0.3 is 0 Å². The van der Waals surface area contributed by atoms with Gasteiger partial charge in [0.1, 0.15) is 23.5 Å². The Morgan fingerprint density at radius 3 is 2.71 bits per heavy atom. The summed E-state index contributed by atoms with van der Waals surface area (Å²) in [6.07, 6.45) is 0.404. The second-order valence-electron chi connectivity index (χ2n) is 5.02. The van der Waals surface area contributed by atoms with Crippen molar-refractivity contribution in [1.29, 1.82) is 0 Å². The molecule has 5 heteroatoms. The van der Waals surface area contributed by atoms with Crippen LogP contribution in [-0.2, 0) is 6.42 Å². The summed E-state index contributed by atoms with van der Waals surface area (Å²) in [6, 6.07) is 9.67. The molecule has 0 saturated carbocycles. The third-order valence-corrected chi connectivity index (χ3v) is 4.34. The second kappa shape index (κ2) is 5.73. The van der Waals surface area contributed by atoms with E-state index >= 15 is 0 Å². The van der Waals surface area contributed by atoms with E-state index in [1.54, 1.807) is 7.05 Å². The molecule has 0 fully saturated rings. The number of fused-ring (bicyclic) bond motifs is 1. The van der Waals surface area contributed by atoms with Crippen molar-refractivity contribution < 1.29 is 13.5 Å². The van der Waals surface area contributed by atoms with E-state index in [1.165, 1.54) is 6.07 Å². The zero-order valence-corrected chi connectivity index (χ0v) is 13.0. The molecule has 2 aromatic carbocycles. The highest BCUT2D eigenvalue weighted by Gasteiger charge is 2.32. The topological polar surface area (TPSA) is 21.3 Å². The zero-order valence-electron chi connectivity index (χ0n) is 11.4. The van der Waals surface area contributed by atoms with Gasteiger partial charge in [-0.25, -0.2) is 8.78 Å². The van der Waals surface area contributed by atoms with Crippen LogP contribution < -0.4 is 10.1 Å². The van der Waals surface area contributed by atoms with E-state index < -0.39 is 17.7 Å². The number of likely N-dealkylation sites (N-methyl/N-ethyl adjacent to an activating group) is 1. The Morgan fingerprint density at radius 2 is 2.00 bits per heavy atom. The number of hydrogen-bond donors (Lipinski definition) is 1. The lowest BCUT2D eigenvalue weighted by Gasteiger charge is -2.24. The van der Waals surface area contributed by atoms with Gasteiger partial charge in [-0.2, -0.15) is 0 Å². The molecule has 0 radical (unpaired) electrons. The molecule has 1 aliphatic rings. The first-order valence-electron chi connectivity index (χ1n) is 6.66. The van der Waals surface area contributed by atoms with Gasteiger partial charge in [-0.15, -0.1) is 0 Å². The van der Waals surface area contributed by atoms with E-state index in [0.717, 1.165) is 17.4 Å². The third kappa shape index (κ3) is 2.68. The molecular formula is C16H14BrF2NO. The van der Waals surface area contributed by atoms with Crippen molar-refractivity contribution >= 4 is 15.9 Å². The van der Waals surface area contributed by atoms with Gasteiger partial charge < -0.3 is 10.1 Å². The standard InChI is InChI=1S/C16H14BrF2NO/c1-20-16(10-7-13(19)11(17)8-12(10)18)15-6-9-4-2-3-5-14(9)21-15/h2-5,7-8,15-16,20H,6H2,1H3. The molecule has 2 aromatic rings. The number of nitrogens with one attached hydrogen (secondary N) is 1. The average Bonchev–Trinajstić information content (AvgIpc) is 2.88. The fraction of sp³-hybridized carbons (Fsp3) is 0.250. The van der Waals surface area contributed by atoms with Crippen LogP contribution in [-0.4, -0.2) is 13.2 Å². The predicted molar refractivity (Wildman–Crippen MR) is 80.4 cm³/mol. The fourth-order valence-corrected chi connectivity index (χ4v) is 3.03. The van der Waals surface area contributed by atoms with E-state index in [0.29, 0.717) is 6.42 Å². The molecule has 0 saturated heterocycles. The van der Waals surface area contributed by atoms with Gasteiger partial charge in [0.25, 0.3) is 0 Å². The molecule has 2 atom stereocenters. The van der Waals surface area contributed by atoms with Crippen LogP contribution in [0.1, 0.15) is 17.2 Å². The van der Waals surface area contributed by atoms with Crippen molar-refractivity contribution in [2.24, 2.45) is 0 Å². The minimum Gasteiger partial charge on any atom is -0.488 e. The molecule has 2 unspecified atom stereocenters. The number of para-hydroxylation sites is 1. The van der Waals surface area contributed by atoms with Crippen LogP contribution in [0.3, 0.4) is 0 Å². The number of hydrogen-bond acceptors (Lipinski definition) is 2. The molecule has 0 spiro atoms. The van der Waals surface area contributed by atoms with Gasteiger partial charge in [0.2, 0.25) is 0 Å². The summed E-state index contributed by atoms with van der Waals surface area (Å²) in [6.45, 7) is 0. The largest absolute Gasteiger partial charge is 0.488 e. The number of halogens is 3. The molecule has 0 aromatic heterocycles. The Labute approximate surface area is 130 Å². The molecule has 1 N–H and O–H groups in total. The Hall–Kier alpha value is -1.46. The van der Waals surface area contributed by atoms with E-state index in [-0.39, 0.29) is 16.1 Å². The summed E-state index contributed by atoms with van der Waals surface area (Å²) < 4.78 is 33.9. The monoisotopic (exact) mass is 353 g/mol. The van der Waals surface area contributed by atoms with Crippen LogP contribution in [0.25, 0.3) is 0 Å². The summed E-state index contributed by atoms with van der Waals surface area (Å²) >= 11 is 2.99. The van der Waals surface area contributed by atoms with Gasteiger partial charge in [0, 0.05) is 12.0 Å². The highest BCUT2D eigenvalue weighted by Crippen LogP contribution is 2.35. The quantitative estimate of drug-likeness (QED) is 0.842. The maximum atomic E-state index is 14.2. The molecule has 0 aliphatic carbocycles. The van der Waals surface area contributed by atoms with E-state index in [2.05, 4.69) is 21.2 Å². The summed E-state index contributed by atoms with van der Waals surface area (Å²) in [7, 11) is 1.72. The van der Waals surface area contributed by atoms with Crippen LogP contribution in [0.4, 0.5) is 8.78 Å². The van der Waals surface area contributed by atoms with Crippen LogP contribution >= 0.6 is 15.9 Å². The molecule has 2 nitrogen and oxygen atoms in total. The van der Waals surface area contributed by atoms with Crippen molar-refractivity contribution in [2.75, 3.05) is 7.05 Å². The van der Waals surface area contributed by atoms with E-state index in [1.807, 2.05) is 24.3 Å². The van der Waals surface area contributed by atoms with Crippen molar-refractivity contribution in [3.63, 3.8) is 0 Å². The van der Waals surface area contributed by atoms with E-state index in [9.17, 15) is 8.78 Å². The number of rotatable bonds is 3. The van der Waals surface area contributed by atoms with Gasteiger partial charge in [-0.05, 0) is 46.7 Å². The van der Waals surface area contributed by atoms with Crippen LogP contribution in [0.15, 0.2) is 40.9 Å². The fourth-order valence-electron chi connectivity index (χ4n) is 2.71. The van der Waals surface area contributed by atoms with Crippen LogP contribution in [0.5, 0.6) is 5.75 Å². The Morgan fingerprint density at radius 1 is 1.24 bits per heavy atom. The first kappa shape index (κ1) is 14.5. The number of ether oxygens (including phenoxy) is 1. The molecule has 1 aliphatic heterocycles.